The number of nitrogens with one attached hydrogen (secondary N) is 2. The summed E-state index contributed by atoms with van der Waals surface area (Å²) in [6.45, 7) is 5.47. The van der Waals surface area contributed by atoms with Crippen molar-refractivity contribution in [2.75, 3.05) is 17.2 Å². The quantitative estimate of drug-likeness (QED) is 0.708. The van der Waals surface area contributed by atoms with Crippen molar-refractivity contribution in [3.63, 3.8) is 0 Å². The second-order valence-corrected chi connectivity index (χ2v) is 6.19. The van der Waals surface area contributed by atoms with Crippen LogP contribution in [0.5, 0.6) is 0 Å². The predicted molar refractivity (Wildman–Crippen MR) is 97.7 cm³/mol. The number of nitrogens with zero attached hydrogens (tertiary/aromatic N) is 3. The summed E-state index contributed by atoms with van der Waals surface area (Å²) >= 11 is 0. The van der Waals surface area contributed by atoms with Crippen LogP contribution in [0.1, 0.15) is 37.2 Å². The van der Waals surface area contributed by atoms with E-state index >= 15 is 0 Å². The number of alkyl halides is 3. The van der Waals surface area contributed by atoms with E-state index in [1.807, 2.05) is 6.92 Å². The third-order valence-electron chi connectivity index (χ3n) is 3.59. The molecule has 2 N–H and O–H groups in total. The van der Waals surface area contributed by atoms with Crippen LogP contribution in [-0.4, -0.2) is 33.5 Å². The zero-order valence-electron chi connectivity index (χ0n) is 15.8. The number of amides is 1. The van der Waals surface area contributed by atoms with Crippen molar-refractivity contribution in [1.29, 1.82) is 0 Å². The van der Waals surface area contributed by atoms with Gasteiger partial charge in [0.15, 0.2) is 0 Å². The van der Waals surface area contributed by atoms with Gasteiger partial charge in [-0.3, -0.25) is 10.1 Å². The van der Waals surface area contributed by atoms with E-state index in [0.29, 0.717) is 17.8 Å². The smallest absolute Gasteiger partial charge is 0.375 e. The Morgan fingerprint density at radius 2 is 1.93 bits per heavy atom. The number of carbonyl (C=O) groups excluding carboxylic acids is 1. The maximum absolute atomic E-state index is 12.7. The molecule has 7 nitrogen and oxygen atoms in total. The molecule has 0 radical (unpaired) electrons. The van der Waals surface area contributed by atoms with Crippen molar-refractivity contribution in [2.24, 2.45) is 0 Å². The molecule has 2 aromatic rings. The lowest BCUT2D eigenvalue weighted by Gasteiger charge is -2.15. The number of rotatable bonds is 8. The first kappa shape index (κ1) is 21.5. The number of ether oxygens (including phenoxy) is 1. The van der Waals surface area contributed by atoms with Gasteiger partial charge in [0.25, 0.3) is 0 Å². The molecule has 28 heavy (non-hydrogen) atoms. The van der Waals surface area contributed by atoms with Crippen molar-refractivity contribution in [1.82, 2.24) is 15.0 Å². The largest absolute Gasteiger partial charge is 0.416 e. The highest BCUT2D eigenvalue weighted by molar-refractivity contribution is 5.88. The molecular weight excluding hydrogens is 375 g/mol. The minimum Gasteiger partial charge on any atom is -0.375 e. The average Bonchev–Trinajstić information content (AvgIpc) is 2.60. The molecule has 0 aliphatic rings. The molecule has 2 rings (SSSR count). The first-order valence-electron chi connectivity index (χ1n) is 8.70. The van der Waals surface area contributed by atoms with Crippen LogP contribution in [0.4, 0.5) is 25.1 Å². The topological polar surface area (TPSA) is 89.0 Å². The molecule has 10 heteroatoms. The van der Waals surface area contributed by atoms with Crippen LogP contribution in [0.15, 0.2) is 24.3 Å². The van der Waals surface area contributed by atoms with Gasteiger partial charge in [-0.2, -0.15) is 28.1 Å². The van der Waals surface area contributed by atoms with Gasteiger partial charge in [0, 0.05) is 12.5 Å². The van der Waals surface area contributed by atoms with Crippen molar-refractivity contribution in [3.8, 4) is 0 Å². The fourth-order valence-corrected chi connectivity index (χ4v) is 2.27. The highest BCUT2D eigenvalue weighted by Crippen LogP contribution is 2.29. The Morgan fingerprint density at radius 1 is 1.21 bits per heavy atom. The van der Waals surface area contributed by atoms with E-state index in [4.69, 9.17) is 4.74 Å². The van der Waals surface area contributed by atoms with Gasteiger partial charge in [-0.25, -0.2) is 0 Å². The Balaban J connectivity index is 1.89. The van der Waals surface area contributed by atoms with Crippen molar-refractivity contribution < 1.29 is 22.7 Å². The summed E-state index contributed by atoms with van der Waals surface area (Å²) in [5.74, 6) is 0.642. The van der Waals surface area contributed by atoms with E-state index in [9.17, 15) is 18.0 Å². The lowest BCUT2D eigenvalue weighted by Crippen LogP contribution is -2.24. The summed E-state index contributed by atoms with van der Waals surface area (Å²) in [5, 5.41) is 5.58. The zero-order chi connectivity index (χ0) is 20.7. The van der Waals surface area contributed by atoms with E-state index < -0.39 is 11.7 Å². The van der Waals surface area contributed by atoms with Crippen molar-refractivity contribution >= 4 is 17.8 Å². The SMILES string of the molecule is CCC(=O)Nc1nc(C)nc(NC(C)COCc2cccc(C(F)(F)F)c2)n1. The maximum atomic E-state index is 12.7. The first-order chi connectivity index (χ1) is 13.2. The molecule has 0 fully saturated rings. The van der Waals surface area contributed by atoms with Crippen LogP contribution in [-0.2, 0) is 22.3 Å². The summed E-state index contributed by atoms with van der Waals surface area (Å²) in [5.41, 5.74) is -0.273. The molecule has 0 saturated carbocycles. The van der Waals surface area contributed by atoms with E-state index in [1.54, 1.807) is 19.9 Å². The van der Waals surface area contributed by atoms with Crippen LogP contribution in [0, 0.1) is 6.92 Å². The van der Waals surface area contributed by atoms with Gasteiger partial charge in [-0.05, 0) is 31.5 Å². The fourth-order valence-electron chi connectivity index (χ4n) is 2.27. The maximum Gasteiger partial charge on any atom is 0.416 e. The molecule has 1 aromatic heterocycles. The summed E-state index contributed by atoms with van der Waals surface area (Å²) in [6, 6.07) is 4.79. The number of aromatic nitrogens is 3. The number of anilines is 2. The number of benzene rings is 1. The lowest BCUT2D eigenvalue weighted by atomic mass is 10.1. The lowest BCUT2D eigenvalue weighted by molar-refractivity contribution is -0.137. The van der Waals surface area contributed by atoms with Crippen molar-refractivity contribution in [2.45, 2.75) is 46.0 Å². The number of hydrogen-bond acceptors (Lipinski definition) is 6. The zero-order valence-corrected chi connectivity index (χ0v) is 15.8. The first-order valence-corrected chi connectivity index (χ1v) is 8.70. The highest BCUT2D eigenvalue weighted by atomic mass is 19.4. The van der Waals surface area contributed by atoms with Gasteiger partial charge in [-0.1, -0.05) is 19.1 Å². The van der Waals surface area contributed by atoms with E-state index in [2.05, 4.69) is 25.6 Å². The van der Waals surface area contributed by atoms with Crippen LogP contribution in [0.2, 0.25) is 0 Å². The van der Waals surface area contributed by atoms with Gasteiger partial charge in [0.2, 0.25) is 17.8 Å². The van der Waals surface area contributed by atoms with E-state index in [1.165, 1.54) is 6.07 Å². The predicted octanol–water partition coefficient (Wildman–Crippen LogP) is 3.56. The molecule has 152 valence electrons. The minimum atomic E-state index is -4.38. The third-order valence-corrected chi connectivity index (χ3v) is 3.59. The molecule has 0 spiro atoms. The Hall–Kier alpha value is -2.75. The van der Waals surface area contributed by atoms with Crippen molar-refractivity contribution in [3.05, 3.63) is 41.2 Å². The standard InChI is InChI=1S/C18H22F3N5O2/c1-4-15(27)25-17-24-12(3)23-16(26-17)22-11(2)9-28-10-13-6-5-7-14(8-13)18(19,20)21/h5-8,11H,4,9-10H2,1-3H3,(H2,22,23,24,25,26,27). The third kappa shape index (κ3) is 6.76. The van der Waals surface area contributed by atoms with Gasteiger partial charge in [-0.15, -0.1) is 0 Å². The molecule has 1 atom stereocenters. The van der Waals surface area contributed by atoms with Crippen LogP contribution in [0.3, 0.4) is 0 Å². The summed E-state index contributed by atoms with van der Waals surface area (Å²) in [7, 11) is 0. The van der Waals surface area contributed by atoms with Gasteiger partial charge < -0.3 is 10.1 Å². The van der Waals surface area contributed by atoms with Crippen LogP contribution >= 0.6 is 0 Å². The average molecular weight is 397 g/mol. The monoisotopic (exact) mass is 397 g/mol. The second kappa shape index (κ2) is 9.45. The molecule has 0 aliphatic carbocycles. The molecule has 1 amide bonds. The molecular formula is C18H22F3N5O2. The second-order valence-electron chi connectivity index (χ2n) is 6.19. The summed E-state index contributed by atoms with van der Waals surface area (Å²) in [4.78, 5) is 23.8. The van der Waals surface area contributed by atoms with E-state index in [0.717, 1.165) is 12.1 Å². The summed E-state index contributed by atoms with van der Waals surface area (Å²) in [6.07, 6.45) is -4.08. The molecule has 0 bridgehead atoms. The van der Waals surface area contributed by atoms with E-state index in [-0.39, 0.29) is 37.1 Å². The molecule has 0 saturated heterocycles. The Bertz CT molecular complexity index is 814. The molecule has 1 aromatic carbocycles. The molecule has 1 unspecified atom stereocenters. The molecule has 1 heterocycles. The Morgan fingerprint density at radius 3 is 2.61 bits per heavy atom. The molecule has 0 aliphatic heterocycles. The number of carbonyl (C=O) groups is 1. The van der Waals surface area contributed by atoms with Gasteiger partial charge in [0.1, 0.15) is 5.82 Å². The normalized spacial score (nSPS) is 12.5. The van der Waals surface area contributed by atoms with Gasteiger partial charge >= 0.3 is 6.18 Å². The van der Waals surface area contributed by atoms with Crippen LogP contribution in [0.25, 0.3) is 0 Å². The fraction of sp³-hybridized carbons (Fsp3) is 0.444. The Kier molecular flexibility index (Phi) is 7.27. The number of aryl methyl sites for hydroxylation is 1. The van der Waals surface area contributed by atoms with Crippen LogP contribution < -0.4 is 10.6 Å². The summed E-state index contributed by atoms with van der Waals surface area (Å²) < 4.78 is 43.7. The number of halogens is 3. The number of hydrogen-bond donors (Lipinski definition) is 2. The highest BCUT2D eigenvalue weighted by Gasteiger charge is 2.30. The Labute approximate surface area is 160 Å². The van der Waals surface area contributed by atoms with Gasteiger partial charge in [0.05, 0.1) is 18.8 Å². The minimum absolute atomic E-state index is 0.0456.